The molecular weight excluding hydrogens is 168 g/mol. The lowest BCUT2D eigenvalue weighted by molar-refractivity contribution is 0.263. The summed E-state index contributed by atoms with van der Waals surface area (Å²) in [6.07, 6.45) is 8.99. The summed E-state index contributed by atoms with van der Waals surface area (Å²) in [5.74, 6) is 3.76. The van der Waals surface area contributed by atoms with E-state index in [0.29, 0.717) is 0 Å². The third-order valence-electron chi connectivity index (χ3n) is 4.45. The first-order valence-corrected chi connectivity index (χ1v) is 6.61. The second-order valence-electron chi connectivity index (χ2n) is 5.81. The minimum atomic E-state index is 0.855. The van der Waals surface area contributed by atoms with Gasteiger partial charge in [-0.15, -0.1) is 0 Å². The van der Waals surface area contributed by atoms with Crippen LogP contribution < -0.4 is 0 Å². The number of hydrogen-bond donors (Lipinski definition) is 0. The zero-order valence-corrected chi connectivity index (χ0v) is 10.6. The average molecular weight is 196 g/mol. The Bertz CT molecular complexity index is 142. The van der Waals surface area contributed by atoms with E-state index < -0.39 is 0 Å². The second kappa shape index (κ2) is 5.78. The van der Waals surface area contributed by atoms with Crippen molar-refractivity contribution in [1.29, 1.82) is 0 Å². The molecule has 84 valence electrons. The fourth-order valence-corrected chi connectivity index (χ4v) is 2.72. The molecule has 0 amide bonds. The normalized spacial score (nSPS) is 22.9. The van der Waals surface area contributed by atoms with Gasteiger partial charge in [0, 0.05) is 0 Å². The molecule has 1 aliphatic carbocycles. The first-order valence-electron chi connectivity index (χ1n) is 6.61. The summed E-state index contributed by atoms with van der Waals surface area (Å²) in [4.78, 5) is 0. The first kappa shape index (κ1) is 12.1. The Balaban J connectivity index is 2.16. The first-order chi connectivity index (χ1) is 6.61. The van der Waals surface area contributed by atoms with Crippen LogP contribution in [-0.2, 0) is 0 Å². The molecule has 0 spiro atoms. The van der Waals surface area contributed by atoms with Crippen molar-refractivity contribution in [2.24, 2.45) is 23.7 Å². The molecule has 0 heteroatoms. The Hall–Kier alpha value is 0. The van der Waals surface area contributed by atoms with E-state index in [0.717, 1.165) is 23.7 Å². The molecule has 1 rings (SSSR count). The van der Waals surface area contributed by atoms with Crippen molar-refractivity contribution >= 4 is 0 Å². The predicted octanol–water partition coefficient (Wildman–Crippen LogP) is 4.89. The van der Waals surface area contributed by atoms with Gasteiger partial charge in [0.25, 0.3) is 0 Å². The molecule has 1 aliphatic rings. The summed E-state index contributed by atoms with van der Waals surface area (Å²) in [5, 5.41) is 0. The van der Waals surface area contributed by atoms with E-state index >= 15 is 0 Å². The van der Waals surface area contributed by atoms with Gasteiger partial charge in [-0.25, -0.2) is 0 Å². The van der Waals surface area contributed by atoms with Crippen molar-refractivity contribution in [3.8, 4) is 0 Å². The molecule has 0 radical (unpaired) electrons. The van der Waals surface area contributed by atoms with E-state index in [1.807, 2.05) is 0 Å². The summed E-state index contributed by atoms with van der Waals surface area (Å²) in [5.41, 5.74) is 0. The molecular formula is C14H28. The minimum absolute atomic E-state index is 0.855. The second-order valence-corrected chi connectivity index (χ2v) is 5.81. The molecule has 14 heavy (non-hydrogen) atoms. The highest BCUT2D eigenvalue weighted by atomic mass is 14.2. The van der Waals surface area contributed by atoms with Crippen LogP contribution in [0.15, 0.2) is 0 Å². The molecule has 0 nitrogen and oxygen atoms in total. The molecule has 0 aromatic rings. The van der Waals surface area contributed by atoms with Gasteiger partial charge in [0.15, 0.2) is 0 Å². The van der Waals surface area contributed by atoms with Crippen LogP contribution in [0, 0.1) is 23.7 Å². The number of rotatable bonds is 5. The maximum atomic E-state index is 2.44. The molecule has 0 bridgehead atoms. The van der Waals surface area contributed by atoms with Crippen molar-refractivity contribution < 1.29 is 0 Å². The van der Waals surface area contributed by atoms with Crippen LogP contribution in [0.5, 0.6) is 0 Å². The highest BCUT2D eigenvalue weighted by Crippen LogP contribution is 2.32. The van der Waals surface area contributed by atoms with Gasteiger partial charge >= 0.3 is 0 Å². The van der Waals surface area contributed by atoms with Gasteiger partial charge in [-0.1, -0.05) is 66.2 Å². The SMILES string of the molecule is CC(C)C(C)C(C)CCC1CCCC1. The fourth-order valence-electron chi connectivity index (χ4n) is 2.72. The van der Waals surface area contributed by atoms with Crippen molar-refractivity contribution in [1.82, 2.24) is 0 Å². The summed E-state index contributed by atoms with van der Waals surface area (Å²) in [6.45, 7) is 9.58. The van der Waals surface area contributed by atoms with Crippen LogP contribution in [0.1, 0.15) is 66.2 Å². The highest BCUT2D eigenvalue weighted by molar-refractivity contribution is 4.71. The highest BCUT2D eigenvalue weighted by Gasteiger charge is 2.19. The lowest BCUT2D eigenvalue weighted by atomic mass is 9.82. The van der Waals surface area contributed by atoms with Crippen LogP contribution in [0.25, 0.3) is 0 Å². The number of hydrogen-bond acceptors (Lipinski definition) is 0. The Morgan fingerprint density at radius 3 is 2.07 bits per heavy atom. The monoisotopic (exact) mass is 196 g/mol. The average Bonchev–Trinajstić information content (AvgIpc) is 2.65. The molecule has 2 atom stereocenters. The van der Waals surface area contributed by atoms with Gasteiger partial charge in [-0.05, 0) is 23.7 Å². The summed E-state index contributed by atoms with van der Waals surface area (Å²) in [7, 11) is 0. The maximum absolute atomic E-state index is 2.44. The molecule has 0 aromatic carbocycles. The van der Waals surface area contributed by atoms with Gasteiger partial charge in [0.1, 0.15) is 0 Å². The van der Waals surface area contributed by atoms with E-state index in [-0.39, 0.29) is 0 Å². The third kappa shape index (κ3) is 3.63. The quantitative estimate of drug-likeness (QED) is 0.587. The molecule has 1 saturated carbocycles. The predicted molar refractivity (Wildman–Crippen MR) is 64.4 cm³/mol. The van der Waals surface area contributed by atoms with Crippen molar-refractivity contribution in [3.05, 3.63) is 0 Å². The van der Waals surface area contributed by atoms with Crippen LogP contribution in [-0.4, -0.2) is 0 Å². The lowest BCUT2D eigenvalue weighted by Gasteiger charge is -2.24. The smallest absolute Gasteiger partial charge is 0.0394 e. The molecule has 0 heterocycles. The van der Waals surface area contributed by atoms with Crippen LogP contribution in [0.4, 0.5) is 0 Å². The van der Waals surface area contributed by atoms with Crippen LogP contribution >= 0.6 is 0 Å². The third-order valence-corrected chi connectivity index (χ3v) is 4.45. The Morgan fingerprint density at radius 1 is 1.00 bits per heavy atom. The van der Waals surface area contributed by atoms with E-state index in [9.17, 15) is 0 Å². The largest absolute Gasteiger partial charge is 0.0625 e. The van der Waals surface area contributed by atoms with E-state index in [4.69, 9.17) is 0 Å². The van der Waals surface area contributed by atoms with Gasteiger partial charge < -0.3 is 0 Å². The van der Waals surface area contributed by atoms with Crippen molar-refractivity contribution in [2.45, 2.75) is 66.2 Å². The van der Waals surface area contributed by atoms with Gasteiger partial charge in [0.05, 0.1) is 0 Å². The van der Waals surface area contributed by atoms with Crippen LogP contribution in [0.3, 0.4) is 0 Å². The Labute approximate surface area is 90.5 Å². The van der Waals surface area contributed by atoms with Crippen molar-refractivity contribution in [2.75, 3.05) is 0 Å². The summed E-state index contributed by atoms with van der Waals surface area (Å²) < 4.78 is 0. The molecule has 1 fully saturated rings. The molecule has 0 aromatic heterocycles. The maximum Gasteiger partial charge on any atom is -0.0394 e. The van der Waals surface area contributed by atoms with Gasteiger partial charge in [0.2, 0.25) is 0 Å². The zero-order valence-electron chi connectivity index (χ0n) is 10.6. The van der Waals surface area contributed by atoms with Gasteiger partial charge in [-0.3, -0.25) is 0 Å². The molecule has 0 N–H and O–H groups in total. The lowest BCUT2D eigenvalue weighted by Crippen LogP contribution is -2.15. The standard InChI is InChI=1S/C14H28/c1-11(2)13(4)12(3)9-10-14-7-5-6-8-14/h11-14H,5-10H2,1-4H3. The van der Waals surface area contributed by atoms with Crippen LogP contribution in [0.2, 0.25) is 0 Å². The van der Waals surface area contributed by atoms with E-state index in [1.54, 1.807) is 0 Å². The molecule has 0 saturated heterocycles. The Kier molecular flexibility index (Phi) is 4.98. The molecule has 2 unspecified atom stereocenters. The van der Waals surface area contributed by atoms with E-state index in [1.165, 1.54) is 38.5 Å². The fraction of sp³-hybridized carbons (Fsp3) is 1.00. The van der Waals surface area contributed by atoms with Gasteiger partial charge in [-0.2, -0.15) is 0 Å². The van der Waals surface area contributed by atoms with Crippen molar-refractivity contribution in [3.63, 3.8) is 0 Å². The summed E-state index contributed by atoms with van der Waals surface area (Å²) >= 11 is 0. The van der Waals surface area contributed by atoms with E-state index in [2.05, 4.69) is 27.7 Å². The minimum Gasteiger partial charge on any atom is -0.0625 e. The zero-order chi connectivity index (χ0) is 10.6. The summed E-state index contributed by atoms with van der Waals surface area (Å²) in [6, 6.07) is 0. The molecule has 0 aliphatic heterocycles. The topological polar surface area (TPSA) is 0 Å². The Morgan fingerprint density at radius 2 is 1.57 bits per heavy atom.